The van der Waals surface area contributed by atoms with E-state index >= 15 is 0 Å². The van der Waals surface area contributed by atoms with E-state index in [1.165, 1.54) is 16.7 Å². The first-order chi connectivity index (χ1) is 7.63. The normalized spacial score (nSPS) is 10.9. The maximum Gasteiger partial charge on any atom is 0.122 e. The van der Waals surface area contributed by atoms with Crippen LogP contribution in [0.5, 0.6) is 5.75 Å². The Morgan fingerprint density at radius 1 is 1.06 bits per heavy atom. The van der Waals surface area contributed by atoms with Crippen LogP contribution in [0.4, 0.5) is 0 Å². The van der Waals surface area contributed by atoms with E-state index < -0.39 is 0 Å². The summed E-state index contributed by atoms with van der Waals surface area (Å²) < 4.78 is 5.43. The zero-order valence-electron chi connectivity index (χ0n) is 11.1. The van der Waals surface area contributed by atoms with Crippen LogP contribution in [0.15, 0.2) is 12.1 Å². The Bertz CT molecular complexity index is 345. The van der Waals surface area contributed by atoms with E-state index in [2.05, 4.69) is 45.0 Å². The van der Waals surface area contributed by atoms with E-state index in [0.717, 1.165) is 25.1 Å². The predicted octanol–water partition coefficient (Wildman–Crippen LogP) is 2.88. The van der Waals surface area contributed by atoms with E-state index in [1.54, 1.807) is 7.11 Å². The monoisotopic (exact) mass is 221 g/mol. The molecule has 2 heteroatoms. The van der Waals surface area contributed by atoms with E-state index in [9.17, 15) is 0 Å². The van der Waals surface area contributed by atoms with Gasteiger partial charge in [-0.15, -0.1) is 0 Å². The van der Waals surface area contributed by atoms with E-state index in [-0.39, 0.29) is 0 Å². The minimum atomic E-state index is 1.00. The molecule has 0 saturated carbocycles. The molecule has 0 atom stereocenters. The van der Waals surface area contributed by atoms with Crippen molar-refractivity contribution in [3.8, 4) is 5.75 Å². The van der Waals surface area contributed by atoms with Gasteiger partial charge in [-0.25, -0.2) is 0 Å². The highest BCUT2D eigenvalue weighted by Crippen LogP contribution is 2.27. The molecule has 0 spiro atoms. The minimum Gasteiger partial charge on any atom is -0.496 e. The van der Waals surface area contributed by atoms with Gasteiger partial charge in [0.2, 0.25) is 0 Å². The van der Waals surface area contributed by atoms with Crippen LogP contribution in [0.3, 0.4) is 0 Å². The molecule has 1 rings (SSSR count). The molecule has 0 heterocycles. The summed E-state index contributed by atoms with van der Waals surface area (Å²) in [5.41, 5.74) is 4.24. The van der Waals surface area contributed by atoms with Crippen LogP contribution >= 0.6 is 0 Å². The van der Waals surface area contributed by atoms with E-state index in [4.69, 9.17) is 4.74 Å². The van der Waals surface area contributed by atoms with Gasteiger partial charge in [0.15, 0.2) is 0 Å². The van der Waals surface area contributed by atoms with Crippen molar-refractivity contribution in [1.29, 1.82) is 0 Å². The average molecular weight is 221 g/mol. The molecule has 0 aliphatic heterocycles. The molecule has 0 radical (unpaired) electrons. The van der Waals surface area contributed by atoms with Gasteiger partial charge in [-0.05, 0) is 49.7 Å². The van der Waals surface area contributed by atoms with Crippen LogP contribution < -0.4 is 4.74 Å². The molecule has 0 unspecified atom stereocenters. The molecule has 1 aromatic rings. The summed E-state index contributed by atoms with van der Waals surface area (Å²) >= 11 is 0. The summed E-state index contributed by atoms with van der Waals surface area (Å²) in [6.07, 6.45) is 2.11. The van der Waals surface area contributed by atoms with Crippen molar-refractivity contribution in [3.63, 3.8) is 0 Å². The Morgan fingerprint density at radius 3 is 2.12 bits per heavy atom. The topological polar surface area (TPSA) is 12.5 Å². The molecule has 1 aromatic carbocycles. The first-order valence-corrected chi connectivity index (χ1v) is 5.96. The first kappa shape index (κ1) is 13.0. The van der Waals surface area contributed by atoms with Crippen molar-refractivity contribution in [1.82, 2.24) is 4.90 Å². The van der Waals surface area contributed by atoms with Gasteiger partial charge in [-0.1, -0.05) is 19.9 Å². The lowest BCUT2D eigenvalue weighted by atomic mass is 9.96. The Kier molecular flexibility index (Phi) is 4.81. The fourth-order valence-electron chi connectivity index (χ4n) is 2.23. The van der Waals surface area contributed by atoms with Crippen LogP contribution in [-0.2, 0) is 19.4 Å². The van der Waals surface area contributed by atoms with Crippen LogP contribution in [0.1, 0.15) is 30.5 Å². The van der Waals surface area contributed by atoms with Crippen molar-refractivity contribution < 1.29 is 4.74 Å². The third-order valence-corrected chi connectivity index (χ3v) is 2.90. The maximum atomic E-state index is 5.43. The summed E-state index contributed by atoms with van der Waals surface area (Å²) in [4.78, 5) is 2.21. The predicted molar refractivity (Wildman–Crippen MR) is 69.1 cm³/mol. The molecule has 90 valence electrons. The van der Waals surface area contributed by atoms with Gasteiger partial charge >= 0.3 is 0 Å². The number of rotatable bonds is 5. The van der Waals surface area contributed by atoms with Crippen LogP contribution in [-0.4, -0.2) is 26.1 Å². The molecule has 0 aliphatic rings. The van der Waals surface area contributed by atoms with Crippen LogP contribution in [0.25, 0.3) is 0 Å². The minimum absolute atomic E-state index is 1.00. The lowest BCUT2D eigenvalue weighted by molar-refractivity contribution is 0.395. The van der Waals surface area contributed by atoms with Crippen molar-refractivity contribution in [2.24, 2.45) is 0 Å². The first-order valence-electron chi connectivity index (χ1n) is 5.96. The number of nitrogens with zero attached hydrogens (tertiary/aromatic N) is 1. The number of hydrogen-bond donors (Lipinski definition) is 0. The third-order valence-electron chi connectivity index (χ3n) is 2.90. The van der Waals surface area contributed by atoms with E-state index in [0.29, 0.717) is 0 Å². The summed E-state index contributed by atoms with van der Waals surface area (Å²) in [6.45, 7) is 5.41. The zero-order valence-corrected chi connectivity index (χ0v) is 11.1. The summed E-state index contributed by atoms with van der Waals surface area (Å²) in [7, 11) is 5.96. The molecule has 0 bridgehead atoms. The molecule has 0 saturated heterocycles. The second-order valence-electron chi connectivity index (χ2n) is 4.33. The third kappa shape index (κ3) is 2.76. The highest BCUT2D eigenvalue weighted by Gasteiger charge is 2.11. The van der Waals surface area contributed by atoms with Gasteiger partial charge in [0, 0.05) is 6.54 Å². The largest absolute Gasteiger partial charge is 0.496 e. The molecular formula is C14H23NO. The van der Waals surface area contributed by atoms with Gasteiger partial charge in [0.05, 0.1) is 7.11 Å². The molecule has 0 aliphatic carbocycles. The highest BCUT2D eigenvalue weighted by molar-refractivity contribution is 5.45. The smallest absolute Gasteiger partial charge is 0.122 e. The van der Waals surface area contributed by atoms with Crippen molar-refractivity contribution >= 4 is 0 Å². The molecule has 16 heavy (non-hydrogen) atoms. The summed E-state index contributed by atoms with van der Waals surface area (Å²) in [5.74, 6) is 1.03. The standard InChI is InChI=1S/C14H23NO/c1-6-12-11(10-15(3)4)8-9-14(16-5)13(12)7-2/h8-9H,6-7,10H2,1-5H3. The summed E-state index contributed by atoms with van der Waals surface area (Å²) in [5, 5.41) is 0. The average Bonchev–Trinajstić information content (AvgIpc) is 2.27. The lowest BCUT2D eigenvalue weighted by Gasteiger charge is -2.18. The van der Waals surface area contributed by atoms with E-state index in [1.807, 2.05) is 0 Å². The Morgan fingerprint density at radius 2 is 1.69 bits per heavy atom. The van der Waals surface area contributed by atoms with Crippen LogP contribution in [0.2, 0.25) is 0 Å². The van der Waals surface area contributed by atoms with Gasteiger partial charge < -0.3 is 9.64 Å². The Balaban J connectivity index is 3.20. The number of benzene rings is 1. The van der Waals surface area contributed by atoms with Gasteiger partial charge in [0.25, 0.3) is 0 Å². The Labute approximate surface area is 99.2 Å². The lowest BCUT2D eigenvalue weighted by Crippen LogP contribution is -2.13. The van der Waals surface area contributed by atoms with Crippen LogP contribution in [0, 0.1) is 0 Å². The quantitative estimate of drug-likeness (QED) is 0.758. The molecule has 0 aromatic heterocycles. The number of ether oxygens (including phenoxy) is 1. The summed E-state index contributed by atoms with van der Waals surface area (Å²) in [6, 6.07) is 4.29. The van der Waals surface area contributed by atoms with Crippen molar-refractivity contribution in [2.75, 3.05) is 21.2 Å². The number of hydrogen-bond acceptors (Lipinski definition) is 2. The molecule has 0 N–H and O–H groups in total. The van der Waals surface area contributed by atoms with Gasteiger partial charge in [-0.3, -0.25) is 0 Å². The molecular weight excluding hydrogens is 198 g/mol. The molecule has 0 amide bonds. The second-order valence-corrected chi connectivity index (χ2v) is 4.33. The van der Waals surface area contributed by atoms with Crippen molar-refractivity contribution in [2.45, 2.75) is 33.2 Å². The Hall–Kier alpha value is -1.02. The highest BCUT2D eigenvalue weighted by atomic mass is 16.5. The molecule has 0 fully saturated rings. The fraction of sp³-hybridized carbons (Fsp3) is 0.571. The second kappa shape index (κ2) is 5.90. The van der Waals surface area contributed by atoms with Gasteiger partial charge in [0.1, 0.15) is 5.75 Å². The fourth-order valence-corrected chi connectivity index (χ4v) is 2.23. The zero-order chi connectivity index (χ0) is 12.1. The van der Waals surface area contributed by atoms with Gasteiger partial charge in [-0.2, -0.15) is 0 Å². The number of methoxy groups -OCH3 is 1. The molecule has 2 nitrogen and oxygen atoms in total. The SMILES string of the molecule is CCc1c(CN(C)C)ccc(OC)c1CC. The van der Waals surface area contributed by atoms with Crippen molar-refractivity contribution in [3.05, 3.63) is 28.8 Å². The maximum absolute atomic E-state index is 5.43.